The number of anilines is 1. The Morgan fingerprint density at radius 3 is 2.71 bits per heavy atom. The van der Waals surface area contributed by atoms with Crippen molar-refractivity contribution in [2.45, 2.75) is 57.1 Å². The van der Waals surface area contributed by atoms with Crippen LogP contribution in [-0.4, -0.2) is 62.2 Å². The van der Waals surface area contributed by atoms with Crippen LogP contribution in [0.25, 0.3) is 21.2 Å². The van der Waals surface area contributed by atoms with Gasteiger partial charge in [-0.1, -0.05) is 41.5 Å². The van der Waals surface area contributed by atoms with Crippen molar-refractivity contribution in [2.24, 2.45) is 5.11 Å². The Kier molecular flexibility index (Phi) is 9.36. The van der Waals surface area contributed by atoms with Crippen LogP contribution in [0.4, 0.5) is 10.2 Å². The summed E-state index contributed by atoms with van der Waals surface area (Å²) >= 11 is 0. The first-order valence-electron chi connectivity index (χ1n) is 12.6. The number of hydroxylamine groups is 1. The minimum absolute atomic E-state index is 0.126. The zero-order valence-corrected chi connectivity index (χ0v) is 23.6. The van der Waals surface area contributed by atoms with Crippen LogP contribution in [0, 0.1) is 0 Å². The van der Waals surface area contributed by atoms with Crippen LogP contribution >= 0.6 is 8.18 Å². The first kappa shape index (κ1) is 30.8. The fourth-order valence-electron chi connectivity index (χ4n) is 4.15. The van der Waals surface area contributed by atoms with Crippen molar-refractivity contribution in [1.82, 2.24) is 14.4 Å². The average Bonchev–Trinajstić information content (AvgIpc) is 3.19. The smallest absolute Gasteiger partial charge is 0.462 e. The minimum Gasteiger partial charge on any atom is -0.462 e. The second kappa shape index (κ2) is 12.8. The molecule has 2 unspecified atom stereocenters. The van der Waals surface area contributed by atoms with E-state index in [-0.39, 0.29) is 11.6 Å². The summed E-state index contributed by atoms with van der Waals surface area (Å²) in [6.07, 6.45) is -5.56. The molecule has 15 nitrogen and oxygen atoms in total. The second-order valence-corrected chi connectivity index (χ2v) is 10.6. The highest BCUT2D eigenvalue weighted by Crippen LogP contribution is 2.43. The first-order valence-corrected chi connectivity index (χ1v) is 13.8. The normalized spacial score (nSPS) is 23.0. The summed E-state index contributed by atoms with van der Waals surface area (Å²) in [5.41, 5.74) is 11.1. The number of ether oxygens (including phenoxy) is 2. The third-order valence-electron chi connectivity index (χ3n) is 6.20. The van der Waals surface area contributed by atoms with E-state index in [0.29, 0.717) is 5.39 Å². The molecule has 2 heterocycles. The molecule has 3 aromatic rings. The lowest BCUT2D eigenvalue weighted by atomic mass is 10.1. The molecule has 0 bridgehead atoms. The highest BCUT2D eigenvalue weighted by atomic mass is 31.1. The number of carbonyl (C=O) groups is 1. The van der Waals surface area contributed by atoms with E-state index >= 15 is 4.39 Å². The molecule has 1 saturated heterocycles. The number of azide groups is 1. The number of nitrogens with two attached hydrogens (primary N) is 1. The van der Waals surface area contributed by atoms with Crippen LogP contribution < -0.4 is 16.3 Å². The van der Waals surface area contributed by atoms with E-state index in [9.17, 15) is 19.3 Å². The number of rotatable bonds is 11. The van der Waals surface area contributed by atoms with Gasteiger partial charge in [0.1, 0.15) is 23.4 Å². The summed E-state index contributed by atoms with van der Waals surface area (Å²) in [5.74, 6) is -0.702. The predicted molar refractivity (Wildman–Crippen MR) is 146 cm³/mol. The van der Waals surface area contributed by atoms with Gasteiger partial charge < -0.3 is 25.2 Å². The number of benzene rings is 2. The van der Waals surface area contributed by atoms with Gasteiger partial charge in [-0.2, -0.15) is 4.98 Å². The third-order valence-corrected chi connectivity index (χ3v) is 7.30. The van der Waals surface area contributed by atoms with Crippen LogP contribution in [0.5, 0.6) is 5.75 Å². The number of hydrogen-bond donors (Lipinski definition) is 2. The zero-order valence-electron chi connectivity index (χ0n) is 22.7. The van der Waals surface area contributed by atoms with E-state index in [1.165, 1.54) is 13.0 Å². The summed E-state index contributed by atoms with van der Waals surface area (Å²) in [4.78, 5) is 37.8. The topological polar surface area (TPSA) is 204 Å². The van der Waals surface area contributed by atoms with Gasteiger partial charge in [0.25, 0.3) is 0 Å². The maximum atomic E-state index is 15.5. The number of esters is 1. The molecule has 6 atom stereocenters. The van der Waals surface area contributed by atoms with Gasteiger partial charge in [0, 0.05) is 16.5 Å². The predicted octanol–water partition coefficient (Wildman–Crippen LogP) is 3.52. The lowest BCUT2D eigenvalue weighted by Gasteiger charge is -2.23. The van der Waals surface area contributed by atoms with Gasteiger partial charge in [-0.25, -0.2) is 9.18 Å². The molecule has 4 rings (SSSR count). The number of aromatic nitrogens is 2. The Labute approximate surface area is 239 Å². The van der Waals surface area contributed by atoms with E-state index in [1.54, 1.807) is 38.1 Å². The van der Waals surface area contributed by atoms with Gasteiger partial charge in [-0.15, -0.1) is 4.52 Å². The van der Waals surface area contributed by atoms with Crippen molar-refractivity contribution in [3.8, 4) is 5.75 Å². The Morgan fingerprint density at radius 1 is 1.31 bits per heavy atom. The maximum absolute atomic E-state index is 15.5. The Balaban J connectivity index is 1.62. The number of aliphatic hydroxyl groups excluding tert-OH is 1. The number of nitrogens with zero attached hydrogens (tertiary/aromatic N) is 6. The van der Waals surface area contributed by atoms with Crippen molar-refractivity contribution in [2.75, 3.05) is 12.3 Å². The van der Waals surface area contributed by atoms with Crippen LogP contribution in [0.3, 0.4) is 0 Å². The molecule has 2 aromatic carbocycles. The van der Waals surface area contributed by atoms with Crippen LogP contribution in [0.1, 0.15) is 27.0 Å². The van der Waals surface area contributed by atoms with Gasteiger partial charge in [-0.05, 0) is 48.4 Å². The maximum Gasteiger partial charge on any atom is 0.653 e. The molecule has 0 spiro atoms. The summed E-state index contributed by atoms with van der Waals surface area (Å²) in [6, 6.07) is 12.2. The number of nitrogen functional groups attached to an aromatic ring is 1. The number of aliphatic hydroxyl groups is 1. The highest BCUT2D eigenvalue weighted by molar-refractivity contribution is 7.36. The molecule has 1 aliphatic heterocycles. The van der Waals surface area contributed by atoms with Crippen molar-refractivity contribution >= 4 is 30.7 Å². The lowest BCUT2D eigenvalue weighted by molar-refractivity contribution is -0.159. The van der Waals surface area contributed by atoms with Gasteiger partial charge in [0.15, 0.2) is 24.2 Å². The molecule has 222 valence electrons. The van der Waals surface area contributed by atoms with Crippen LogP contribution in [-0.2, 0) is 23.4 Å². The minimum atomic E-state index is -3.14. The fourth-order valence-corrected chi connectivity index (χ4v) is 5.09. The monoisotopic (exact) mass is 604 g/mol. The van der Waals surface area contributed by atoms with Gasteiger partial charge in [0.2, 0.25) is 5.72 Å². The van der Waals surface area contributed by atoms with Gasteiger partial charge in [0.05, 0.1) is 6.10 Å². The highest BCUT2D eigenvalue weighted by Gasteiger charge is 2.59. The number of carbonyl (C=O) groups excluding carboxylic acids is 1. The van der Waals surface area contributed by atoms with Crippen LogP contribution in [0.2, 0.25) is 0 Å². The molecule has 17 heteroatoms. The van der Waals surface area contributed by atoms with E-state index in [1.807, 2.05) is 18.2 Å². The molecule has 42 heavy (non-hydrogen) atoms. The van der Waals surface area contributed by atoms with E-state index in [4.69, 9.17) is 30.1 Å². The first-order chi connectivity index (χ1) is 20.0. The SMILES string of the molecule is CC(C)OC(=O)C(C)N(Oc1cccc2ccccc12)[P+](=O)OC[C@@]1(N=[N+]=[N-])O[C@@H](n2ccc(N)nc2=O)[C@H](O)[C@@H]1F. The quantitative estimate of drug-likeness (QED) is 0.0809. The van der Waals surface area contributed by atoms with E-state index in [2.05, 4.69) is 15.0 Å². The van der Waals surface area contributed by atoms with Crippen molar-refractivity contribution in [3.63, 3.8) is 0 Å². The van der Waals surface area contributed by atoms with Gasteiger partial charge in [-0.3, -0.25) is 9.36 Å². The molecule has 1 aliphatic rings. The van der Waals surface area contributed by atoms with Crippen LogP contribution in [0.15, 0.2) is 64.6 Å². The van der Waals surface area contributed by atoms with Crippen molar-refractivity contribution < 1.29 is 37.7 Å². The third kappa shape index (κ3) is 6.34. The molecule has 0 saturated carbocycles. The van der Waals surface area contributed by atoms with Crippen molar-refractivity contribution in [1.29, 1.82) is 0 Å². The van der Waals surface area contributed by atoms with Crippen molar-refractivity contribution in [3.05, 3.63) is 75.7 Å². The zero-order chi connectivity index (χ0) is 30.6. The number of halogens is 1. The molecule has 3 N–H and O–H groups in total. The number of alkyl halides is 1. The summed E-state index contributed by atoms with van der Waals surface area (Å²) in [7, 11) is -3.14. The number of hydrogen-bond acceptors (Lipinski definition) is 11. The summed E-state index contributed by atoms with van der Waals surface area (Å²) in [6.45, 7) is 3.60. The lowest BCUT2D eigenvalue weighted by Crippen LogP contribution is -2.43. The standard InChI is InChI=1S/C25H27FN7O8P/c1-14(2)39-23(35)15(3)33(41-18-10-6-8-16-7-4-5-9-17(16)18)42(37)38-13-25(30-31-28)21(26)20(34)22(40-25)32-12-11-19(27)29-24(32)36/h4-12,14-15,20-22,34H,13H2,1-3H3,(H-,27,29,36)/p+1/t15?,20-,21+,22-,25-/m1/s1. The molecular weight excluding hydrogens is 576 g/mol. The molecular formula is C25H28FN7O8P+. The van der Waals surface area contributed by atoms with E-state index < -0.39 is 62.8 Å². The molecule has 0 amide bonds. The van der Waals surface area contributed by atoms with Gasteiger partial charge >= 0.3 is 19.8 Å². The molecule has 0 aliphatic carbocycles. The average molecular weight is 605 g/mol. The second-order valence-electron chi connectivity index (χ2n) is 9.52. The van der Waals surface area contributed by atoms with E-state index in [0.717, 1.165) is 21.0 Å². The largest absolute Gasteiger partial charge is 0.653 e. The Hall–Kier alpha value is -4.17. The Morgan fingerprint density at radius 2 is 2.02 bits per heavy atom. The molecule has 1 aromatic heterocycles. The summed E-state index contributed by atoms with van der Waals surface area (Å²) < 4.78 is 45.9. The fraction of sp³-hybridized carbons (Fsp3) is 0.400. The molecule has 1 fully saturated rings. The number of fused-ring (bicyclic) bond motifs is 1. The Bertz CT molecular complexity index is 1580. The molecule has 0 radical (unpaired) electrons. The summed E-state index contributed by atoms with van der Waals surface area (Å²) in [5, 5.41) is 15.3.